The molecule has 0 saturated heterocycles. The number of rotatable bonds is 5. The van der Waals surface area contributed by atoms with E-state index in [9.17, 15) is 8.42 Å². The summed E-state index contributed by atoms with van der Waals surface area (Å²) in [6.45, 7) is 3.79. The van der Waals surface area contributed by atoms with Crippen LogP contribution < -0.4 is 4.18 Å². The fourth-order valence-electron chi connectivity index (χ4n) is 2.35. The van der Waals surface area contributed by atoms with Crippen LogP contribution >= 0.6 is 23.2 Å². The lowest BCUT2D eigenvalue weighted by Crippen LogP contribution is -2.10. The lowest BCUT2D eigenvalue weighted by molar-refractivity contribution is 0.486. The number of nitrogens with zero attached hydrogens (tertiary/aromatic N) is 1. The molecule has 3 rings (SSSR count). The van der Waals surface area contributed by atoms with Crippen LogP contribution in [0.25, 0.3) is 0 Å². The van der Waals surface area contributed by atoms with Gasteiger partial charge >= 0.3 is 10.1 Å². The Morgan fingerprint density at radius 1 is 0.893 bits per heavy atom. The van der Waals surface area contributed by atoms with E-state index in [2.05, 4.69) is 4.99 Å². The van der Waals surface area contributed by atoms with Crippen LogP contribution in [0.3, 0.4) is 0 Å². The van der Waals surface area contributed by atoms with Crippen LogP contribution in [-0.4, -0.2) is 14.6 Å². The fourth-order valence-corrected chi connectivity index (χ4v) is 3.74. The average Bonchev–Trinajstić information content (AvgIpc) is 2.65. The summed E-state index contributed by atoms with van der Waals surface area (Å²) in [5.74, 6) is 0.0535. The van der Waals surface area contributed by atoms with Gasteiger partial charge < -0.3 is 4.18 Å². The summed E-state index contributed by atoms with van der Waals surface area (Å²) >= 11 is 12.3. The van der Waals surface area contributed by atoms with Gasteiger partial charge in [0.05, 0.1) is 10.7 Å². The molecule has 0 aliphatic carbocycles. The zero-order valence-corrected chi connectivity index (χ0v) is 17.5. The van der Waals surface area contributed by atoms with E-state index >= 15 is 0 Å². The van der Waals surface area contributed by atoms with E-state index in [0.717, 1.165) is 11.1 Å². The highest BCUT2D eigenvalue weighted by Crippen LogP contribution is 2.29. The van der Waals surface area contributed by atoms with Gasteiger partial charge in [0.2, 0.25) is 0 Å². The van der Waals surface area contributed by atoms with Crippen molar-refractivity contribution in [3.05, 3.63) is 87.4 Å². The normalized spacial score (nSPS) is 11.7. The third-order valence-electron chi connectivity index (χ3n) is 3.98. The lowest BCUT2D eigenvalue weighted by atomic mass is 10.2. The highest BCUT2D eigenvalue weighted by molar-refractivity contribution is 7.87. The molecule has 0 saturated carbocycles. The maximum absolute atomic E-state index is 12.4. The topological polar surface area (TPSA) is 55.7 Å². The van der Waals surface area contributed by atoms with Crippen LogP contribution in [0.2, 0.25) is 10.0 Å². The van der Waals surface area contributed by atoms with Crippen LogP contribution in [0.4, 0.5) is 5.69 Å². The monoisotopic (exact) mass is 433 g/mol. The maximum atomic E-state index is 12.4. The van der Waals surface area contributed by atoms with Crippen molar-refractivity contribution in [2.45, 2.75) is 18.7 Å². The molecular weight excluding hydrogens is 417 g/mol. The number of aryl methyl sites for hydroxylation is 2. The minimum atomic E-state index is -3.96. The number of hydrogen-bond acceptors (Lipinski definition) is 4. The number of benzene rings is 3. The third kappa shape index (κ3) is 4.93. The molecule has 0 radical (unpaired) electrons. The smallest absolute Gasteiger partial charge is 0.339 e. The first-order valence-electron chi connectivity index (χ1n) is 8.35. The highest BCUT2D eigenvalue weighted by Gasteiger charge is 2.18. The van der Waals surface area contributed by atoms with Crippen LogP contribution in [0.1, 0.15) is 16.7 Å². The first-order chi connectivity index (χ1) is 13.2. The Hall–Kier alpha value is -2.34. The van der Waals surface area contributed by atoms with Gasteiger partial charge in [-0.3, -0.25) is 4.99 Å². The average molecular weight is 434 g/mol. The molecule has 28 heavy (non-hydrogen) atoms. The summed E-state index contributed by atoms with van der Waals surface area (Å²) < 4.78 is 30.0. The first-order valence-corrected chi connectivity index (χ1v) is 10.5. The van der Waals surface area contributed by atoms with Crippen LogP contribution in [0.5, 0.6) is 5.75 Å². The second kappa shape index (κ2) is 8.35. The summed E-state index contributed by atoms with van der Waals surface area (Å²) in [6, 6.07) is 16.6. The zero-order valence-electron chi connectivity index (χ0n) is 15.2. The SMILES string of the molecule is Cc1ccc(S(=O)(=O)Oc2ccc(C=Nc3ccc(C)c(Cl)c3)cc2Cl)cc1. The van der Waals surface area contributed by atoms with Gasteiger partial charge in [0.1, 0.15) is 4.90 Å². The summed E-state index contributed by atoms with van der Waals surface area (Å²) in [7, 11) is -3.96. The number of hydrogen-bond donors (Lipinski definition) is 0. The molecule has 0 unspecified atom stereocenters. The highest BCUT2D eigenvalue weighted by atomic mass is 35.5. The zero-order chi connectivity index (χ0) is 20.3. The predicted molar refractivity (Wildman–Crippen MR) is 114 cm³/mol. The van der Waals surface area contributed by atoms with Crippen molar-refractivity contribution in [3.63, 3.8) is 0 Å². The molecule has 144 valence electrons. The van der Waals surface area contributed by atoms with Gasteiger partial charge in [-0.05, 0) is 67.4 Å². The molecule has 0 fully saturated rings. The van der Waals surface area contributed by atoms with Crippen molar-refractivity contribution in [3.8, 4) is 5.75 Å². The molecule has 0 atom stereocenters. The van der Waals surface area contributed by atoms with Crippen molar-refractivity contribution in [1.29, 1.82) is 0 Å². The molecule has 0 heterocycles. The summed E-state index contributed by atoms with van der Waals surface area (Å²) in [5.41, 5.74) is 3.33. The molecule has 7 heteroatoms. The molecule has 0 amide bonds. The van der Waals surface area contributed by atoms with E-state index < -0.39 is 10.1 Å². The number of halogens is 2. The van der Waals surface area contributed by atoms with E-state index in [-0.39, 0.29) is 15.7 Å². The summed E-state index contributed by atoms with van der Waals surface area (Å²) in [6.07, 6.45) is 1.62. The Morgan fingerprint density at radius 2 is 1.61 bits per heavy atom. The summed E-state index contributed by atoms with van der Waals surface area (Å²) in [5, 5.41) is 0.805. The van der Waals surface area contributed by atoms with Crippen molar-refractivity contribution in [1.82, 2.24) is 0 Å². The molecule has 0 aliphatic heterocycles. The molecule has 0 bridgehead atoms. The quantitative estimate of drug-likeness (QED) is 0.359. The Labute approximate surface area is 174 Å². The first kappa shape index (κ1) is 20.4. The minimum Gasteiger partial charge on any atom is -0.377 e. The molecule has 0 aromatic heterocycles. The predicted octanol–water partition coefficient (Wildman–Crippen LogP) is 6.13. The van der Waals surface area contributed by atoms with Gasteiger partial charge in [0.25, 0.3) is 0 Å². The van der Waals surface area contributed by atoms with E-state index in [1.165, 1.54) is 18.2 Å². The molecular formula is C21H17Cl2NO3S. The molecule has 0 spiro atoms. The Morgan fingerprint density at radius 3 is 2.25 bits per heavy atom. The van der Waals surface area contributed by atoms with Crippen LogP contribution in [0.15, 0.2) is 70.6 Å². The van der Waals surface area contributed by atoms with Crippen molar-refractivity contribution >= 4 is 45.2 Å². The van der Waals surface area contributed by atoms with Gasteiger partial charge in [-0.25, -0.2) is 0 Å². The second-order valence-electron chi connectivity index (χ2n) is 6.23. The Balaban J connectivity index is 1.79. The van der Waals surface area contributed by atoms with E-state index in [1.54, 1.807) is 36.5 Å². The van der Waals surface area contributed by atoms with Crippen molar-refractivity contribution < 1.29 is 12.6 Å². The van der Waals surface area contributed by atoms with Gasteiger partial charge in [-0.15, -0.1) is 0 Å². The van der Waals surface area contributed by atoms with Gasteiger partial charge in [0.15, 0.2) is 5.75 Å². The minimum absolute atomic E-state index is 0.0535. The Bertz CT molecular complexity index is 1140. The maximum Gasteiger partial charge on any atom is 0.339 e. The molecule has 0 N–H and O–H groups in total. The van der Waals surface area contributed by atoms with Crippen LogP contribution in [0, 0.1) is 13.8 Å². The van der Waals surface area contributed by atoms with Gasteiger partial charge in [0, 0.05) is 11.2 Å². The molecule has 3 aromatic rings. The lowest BCUT2D eigenvalue weighted by Gasteiger charge is -2.09. The molecule has 3 aromatic carbocycles. The largest absolute Gasteiger partial charge is 0.377 e. The van der Waals surface area contributed by atoms with E-state index in [4.69, 9.17) is 27.4 Å². The van der Waals surface area contributed by atoms with Gasteiger partial charge in [-0.2, -0.15) is 8.42 Å². The van der Waals surface area contributed by atoms with Gasteiger partial charge in [-0.1, -0.05) is 47.0 Å². The third-order valence-corrected chi connectivity index (χ3v) is 5.93. The standard InChI is InChI=1S/C21H17Cl2NO3S/c1-14-3-8-18(9-4-14)28(25,26)27-21-10-6-16(11-20(21)23)13-24-17-7-5-15(2)19(22)12-17/h3-13H,1-2H3. The second-order valence-corrected chi connectivity index (χ2v) is 8.59. The Kier molecular flexibility index (Phi) is 6.08. The van der Waals surface area contributed by atoms with Crippen molar-refractivity contribution in [2.75, 3.05) is 0 Å². The van der Waals surface area contributed by atoms with Crippen LogP contribution in [-0.2, 0) is 10.1 Å². The van der Waals surface area contributed by atoms with E-state index in [0.29, 0.717) is 16.3 Å². The fraction of sp³-hybridized carbons (Fsp3) is 0.0952. The number of aliphatic imine (C=N–C) groups is 1. The van der Waals surface area contributed by atoms with E-state index in [1.807, 2.05) is 26.0 Å². The summed E-state index contributed by atoms with van der Waals surface area (Å²) in [4.78, 5) is 4.42. The van der Waals surface area contributed by atoms with Crippen molar-refractivity contribution in [2.24, 2.45) is 4.99 Å². The molecule has 0 aliphatic rings. The molecule has 4 nitrogen and oxygen atoms in total.